The molecule has 36 valence electrons. The van der Waals surface area contributed by atoms with Crippen LogP contribution in [-0.2, 0) is 9.59 Å². The molecule has 0 spiro atoms. The molecule has 0 bridgehead atoms. The summed E-state index contributed by atoms with van der Waals surface area (Å²) in [6.45, 7) is 0. The molecular weight excluding hydrogens is 84.0 g/mol. The maximum atomic E-state index is 9.00. The SMILES string of the molecule is C.O=CC(=O)O. The summed E-state index contributed by atoms with van der Waals surface area (Å²) in [6.07, 6.45) is -0.167. The number of aliphatic carboxylic acids is 1. The Morgan fingerprint density at radius 3 is 1.83 bits per heavy atom. The van der Waals surface area contributed by atoms with E-state index in [1.807, 2.05) is 0 Å². The van der Waals surface area contributed by atoms with Gasteiger partial charge in [0.1, 0.15) is 0 Å². The van der Waals surface area contributed by atoms with Crippen molar-refractivity contribution < 1.29 is 14.7 Å². The van der Waals surface area contributed by atoms with E-state index in [1.165, 1.54) is 0 Å². The van der Waals surface area contributed by atoms with Crippen LogP contribution in [0, 0.1) is 0 Å². The topological polar surface area (TPSA) is 54.4 Å². The lowest BCUT2D eigenvalue weighted by molar-refractivity contribution is -0.143. The number of hydrogen-bond acceptors (Lipinski definition) is 2. The van der Waals surface area contributed by atoms with Crippen LogP contribution in [0.15, 0.2) is 0 Å². The highest BCUT2D eigenvalue weighted by Gasteiger charge is 1.80. The molecule has 0 amide bonds. The van der Waals surface area contributed by atoms with E-state index >= 15 is 0 Å². The standard InChI is InChI=1S/C2H2O3.CH4/c3-1-2(4)5;/h1H,(H,4,5);1H4. The largest absolute Gasteiger partial charge is 0.476 e. The van der Waals surface area contributed by atoms with Crippen molar-refractivity contribution in [1.29, 1.82) is 0 Å². The Morgan fingerprint density at radius 2 is 1.83 bits per heavy atom. The van der Waals surface area contributed by atoms with E-state index in [9.17, 15) is 0 Å². The van der Waals surface area contributed by atoms with Crippen molar-refractivity contribution >= 4 is 12.3 Å². The van der Waals surface area contributed by atoms with Gasteiger partial charge in [0.15, 0.2) is 0 Å². The first kappa shape index (κ1) is 8.94. The van der Waals surface area contributed by atoms with Crippen LogP contribution < -0.4 is 0 Å². The molecule has 0 saturated heterocycles. The van der Waals surface area contributed by atoms with Gasteiger partial charge >= 0.3 is 5.97 Å². The maximum absolute atomic E-state index is 9.00. The number of rotatable bonds is 1. The zero-order chi connectivity index (χ0) is 4.28. The molecule has 0 heterocycles. The van der Waals surface area contributed by atoms with Gasteiger partial charge in [-0.15, -0.1) is 0 Å². The van der Waals surface area contributed by atoms with Gasteiger partial charge in [-0.2, -0.15) is 0 Å². The van der Waals surface area contributed by atoms with Crippen LogP contribution in [-0.4, -0.2) is 17.4 Å². The van der Waals surface area contributed by atoms with Crippen LogP contribution in [0.1, 0.15) is 7.43 Å². The van der Waals surface area contributed by atoms with Gasteiger partial charge in [0.05, 0.1) is 0 Å². The molecule has 3 heteroatoms. The minimum Gasteiger partial charge on any atom is -0.476 e. The van der Waals surface area contributed by atoms with Crippen LogP contribution in [0.25, 0.3) is 0 Å². The van der Waals surface area contributed by atoms with Gasteiger partial charge in [0.25, 0.3) is 0 Å². The highest BCUT2D eigenvalue weighted by molar-refractivity contribution is 6.19. The molecule has 0 fully saturated rings. The number of carboxylic acids is 1. The highest BCUT2D eigenvalue weighted by Crippen LogP contribution is 1.39. The van der Waals surface area contributed by atoms with Crippen molar-refractivity contribution in [2.75, 3.05) is 0 Å². The normalized spacial score (nSPS) is 5.33. The van der Waals surface area contributed by atoms with Crippen molar-refractivity contribution in [1.82, 2.24) is 0 Å². The second-order valence-electron chi connectivity index (χ2n) is 0.456. The molecule has 0 saturated carbocycles. The third kappa shape index (κ3) is 11.1. The number of carboxylic acid groups (broad SMARTS) is 1. The number of aldehydes is 1. The Balaban J connectivity index is 0. The van der Waals surface area contributed by atoms with Gasteiger partial charge in [0, 0.05) is 0 Å². The molecule has 0 atom stereocenters. The fourth-order valence-corrected chi connectivity index (χ4v) is 0. The van der Waals surface area contributed by atoms with Crippen molar-refractivity contribution in [2.45, 2.75) is 7.43 Å². The summed E-state index contributed by atoms with van der Waals surface area (Å²) < 4.78 is 0. The third-order valence-electron chi connectivity index (χ3n) is 0.101. The van der Waals surface area contributed by atoms with E-state index in [0.29, 0.717) is 0 Å². The van der Waals surface area contributed by atoms with E-state index in [1.54, 1.807) is 0 Å². The first-order valence-corrected chi connectivity index (χ1v) is 0.952. The molecule has 0 aliphatic heterocycles. The Hall–Kier alpha value is -0.860. The fraction of sp³-hybridized carbons (Fsp3) is 0.333. The summed E-state index contributed by atoms with van der Waals surface area (Å²) in [5, 5.41) is 7.35. The van der Waals surface area contributed by atoms with Crippen molar-refractivity contribution in [3.05, 3.63) is 0 Å². The second-order valence-corrected chi connectivity index (χ2v) is 0.456. The molecule has 6 heavy (non-hydrogen) atoms. The fourth-order valence-electron chi connectivity index (χ4n) is 0. The maximum Gasteiger partial charge on any atom is 0.368 e. The van der Waals surface area contributed by atoms with Gasteiger partial charge in [0.2, 0.25) is 6.29 Å². The molecule has 0 rings (SSSR count). The molecule has 1 N–H and O–H groups in total. The third-order valence-corrected chi connectivity index (χ3v) is 0.101. The zero-order valence-corrected chi connectivity index (χ0v) is 2.34. The monoisotopic (exact) mass is 90.0 g/mol. The molecule has 0 radical (unpaired) electrons. The minimum absolute atomic E-state index is 0. The zero-order valence-electron chi connectivity index (χ0n) is 2.34. The first-order valence-electron chi connectivity index (χ1n) is 0.952. The van der Waals surface area contributed by atoms with Crippen LogP contribution in [0.2, 0.25) is 0 Å². The average Bonchev–Trinajstić information content (AvgIpc) is 1.38. The summed E-state index contributed by atoms with van der Waals surface area (Å²) in [6, 6.07) is 0. The van der Waals surface area contributed by atoms with Crippen LogP contribution in [0.5, 0.6) is 0 Å². The molecule has 0 aliphatic rings. The minimum atomic E-state index is -1.43. The number of carbonyl (C=O) groups is 2. The molecule has 0 aromatic rings. The molecule has 3 nitrogen and oxygen atoms in total. The van der Waals surface area contributed by atoms with Crippen LogP contribution in [0.3, 0.4) is 0 Å². The molecular formula is C3H6O3. The Bertz CT molecular complexity index is 57.1. The van der Waals surface area contributed by atoms with Crippen molar-refractivity contribution in [3.63, 3.8) is 0 Å². The van der Waals surface area contributed by atoms with Gasteiger partial charge < -0.3 is 5.11 Å². The highest BCUT2D eigenvalue weighted by atomic mass is 16.4. The molecule has 0 unspecified atom stereocenters. The van der Waals surface area contributed by atoms with E-state index in [2.05, 4.69) is 0 Å². The Morgan fingerprint density at radius 1 is 1.67 bits per heavy atom. The van der Waals surface area contributed by atoms with E-state index in [-0.39, 0.29) is 13.7 Å². The summed E-state index contributed by atoms with van der Waals surface area (Å²) in [4.78, 5) is 17.9. The molecule has 0 aliphatic carbocycles. The Labute approximate surface area is 35.6 Å². The molecule has 0 aromatic carbocycles. The van der Waals surface area contributed by atoms with Gasteiger partial charge in [-0.1, -0.05) is 7.43 Å². The summed E-state index contributed by atoms with van der Waals surface area (Å²) in [5.41, 5.74) is 0. The quantitative estimate of drug-likeness (QED) is 0.361. The van der Waals surface area contributed by atoms with Crippen molar-refractivity contribution in [3.8, 4) is 0 Å². The van der Waals surface area contributed by atoms with Gasteiger partial charge in [-0.05, 0) is 0 Å². The summed E-state index contributed by atoms with van der Waals surface area (Å²) in [7, 11) is 0. The van der Waals surface area contributed by atoms with E-state index < -0.39 is 5.97 Å². The van der Waals surface area contributed by atoms with E-state index in [0.717, 1.165) is 0 Å². The number of hydrogen-bond donors (Lipinski definition) is 1. The van der Waals surface area contributed by atoms with Crippen LogP contribution in [0.4, 0.5) is 0 Å². The lowest BCUT2D eigenvalue weighted by Gasteiger charge is -1.59. The summed E-state index contributed by atoms with van der Waals surface area (Å²) >= 11 is 0. The van der Waals surface area contributed by atoms with E-state index in [4.69, 9.17) is 14.7 Å². The predicted octanol–water partition coefficient (Wildman–Crippen LogP) is -0.0940. The van der Waals surface area contributed by atoms with Crippen molar-refractivity contribution in [2.24, 2.45) is 0 Å². The van der Waals surface area contributed by atoms with Crippen LogP contribution >= 0.6 is 0 Å². The molecule has 0 aromatic heterocycles. The Kier molecular flexibility index (Phi) is 6.17. The number of carbonyl (C=O) groups excluding carboxylic acids is 1. The smallest absolute Gasteiger partial charge is 0.368 e. The second kappa shape index (κ2) is 4.14. The lowest BCUT2D eigenvalue weighted by atomic mass is 10.8. The predicted molar refractivity (Wildman–Crippen MR) is 20.4 cm³/mol. The van der Waals surface area contributed by atoms with Gasteiger partial charge in [-0.25, -0.2) is 4.79 Å². The van der Waals surface area contributed by atoms with Gasteiger partial charge in [-0.3, -0.25) is 4.79 Å². The first-order chi connectivity index (χ1) is 2.27. The lowest BCUT2D eigenvalue weighted by Crippen LogP contribution is -1.91. The summed E-state index contributed by atoms with van der Waals surface area (Å²) in [5.74, 6) is -1.43. The average molecular weight is 90.1 g/mol.